The van der Waals surface area contributed by atoms with Crippen molar-refractivity contribution in [3.8, 4) is 0 Å². The zero-order valence-corrected chi connectivity index (χ0v) is 12.8. The number of benzene rings is 2. The Morgan fingerprint density at radius 2 is 1.86 bits per heavy atom. The lowest BCUT2D eigenvalue weighted by Crippen LogP contribution is -2.02. The fraction of sp³-hybridized carbons (Fsp3) is 0.188. The number of hydrogen-bond donors (Lipinski definition) is 1. The van der Waals surface area contributed by atoms with Gasteiger partial charge in [0.05, 0.1) is 5.75 Å². The summed E-state index contributed by atoms with van der Waals surface area (Å²) in [5.74, 6) is 0.0466. The number of aldehydes is 1. The Balaban J connectivity index is 2.30. The van der Waals surface area contributed by atoms with Crippen molar-refractivity contribution in [2.75, 3.05) is 0 Å². The summed E-state index contributed by atoms with van der Waals surface area (Å²) >= 11 is 4.16. The number of rotatable bonds is 6. The molecule has 0 aliphatic rings. The molecule has 0 bridgehead atoms. The number of hydrogen-bond acceptors (Lipinski definition) is 2. The van der Waals surface area contributed by atoms with Crippen molar-refractivity contribution in [1.29, 1.82) is 0 Å². The van der Waals surface area contributed by atoms with Crippen LogP contribution in [0.2, 0.25) is 5.02 Å². The van der Waals surface area contributed by atoms with Crippen molar-refractivity contribution in [3.63, 3.8) is 0 Å². The Bertz CT molecular complexity index is 640. The van der Waals surface area contributed by atoms with Gasteiger partial charge in [0.15, 0.2) is 11.1 Å². The van der Waals surface area contributed by atoms with E-state index >= 15 is 0 Å². The summed E-state index contributed by atoms with van der Waals surface area (Å²) in [6.07, 6.45) is 1.26. The predicted octanol–water partition coefficient (Wildman–Crippen LogP) is 3.78. The van der Waals surface area contributed by atoms with Crippen LogP contribution in [0.1, 0.15) is 29.0 Å². The molecule has 0 heterocycles. The second-order valence-corrected chi connectivity index (χ2v) is 6.09. The molecule has 0 aliphatic carbocycles. The molecule has 2 rings (SSSR count). The van der Waals surface area contributed by atoms with Crippen LogP contribution < -0.4 is 0 Å². The lowest BCUT2D eigenvalue weighted by molar-refractivity contribution is -0.108. The smallest absolute Gasteiger partial charge is 0.157 e. The fourth-order valence-corrected chi connectivity index (χ4v) is 2.95. The van der Waals surface area contributed by atoms with Crippen LogP contribution in [-0.2, 0) is 21.6 Å². The topological polar surface area (TPSA) is 54.4 Å². The first-order valence-electron chi connectivity index (χ1n) is 6.45. The van der Waals surface area contributed by atoms with Crippen LogP contribution in [0.15, 0.2) is 48.5 Å². The van der Waals surface area contributed by atoms with E-state index in [4.69, 9.17) is 16.2 Å². The Kier molecular flexibility index (Phi) is 5.67. The maximum Gasteiger partial charge on any atom is 0.157 e. The van der Waals surface area contributed by atoms with Gasteiger partial charge in [0.25, 0.3) is 0 Å². The SMILES string of the molecule is O=CC[C@H](c1ccc(CS(=O)O)cc1)c1cccc(Cl)c1. The van der Waals surface area contributed by atoms with Gasteiger partial charge in [-0.2, -0.15) is 0 Å². The van der Waals surface area contributed by atoms with Crippen LogP contribution in [0.5, 0.6) is 0 Å². The molecule has 0 amide bonds. The van der Waals surface area contributed by atoms with Crippen molar-refractivity contribution in [2.45, 2.75) is 18.1 Å². The van der Waals surface area contributed by atoms with Gasteiger partial charge < -0.3 is 9.35 Å². The van der Waals surface area contributed by atoms with E-state index < -0.39 is 11.1 Å². The Morgan fingerprint density at radius 1 is 1.14 bits per heavy atom. The summed E-state index contributed by atoms with van der Waals surface area (Å²) in [4.78, 5) is 11.0. The summed E-state index contributed by atoms with van der Waals surface area (Å²) in [5, 5.41) is 0.635. The zero-order valence-electron chi connectivity index (χ0n) is 11.2. The van der Waals surface area contributed by atoms with E-state index in [1.54, 1.807) is 6.07 Å². The third kappa shape index (κ3) is 4.49. The van der Waals surface area contributed by atoms with Crippen LogP contribution in [-0.4, -0.2) is 15.0 Å². The standard InChI is InChI=1S/C16H15ClO3S/c17-15-3-1-2-14(10-15)16(8-9-18)13-6-4-12(5-7-13)11-21(19)20/h1-7,9-10,16H,8,11H2,(H,19,20)/t16-/m1/s1. The molecular formula is C16H15ClO3S. The van der Waals surface area contributed by atoms with Crippen molar-refractivity contribution in [2.24, 2.45) is 0 Å². The molecule has 3 nitrogen and oxygen atoms in total. The minimum atomic E-state index is -1.85. The third-order valence-corrected chi connectivity index (χ3v) is 4.07. The van der Waals surface area contributed by atoms with E-state index in [-0.39, 0.29) is 11.7 Å². The number of carbonyl (C=O) groups is 1. The minimum absolute atomic E-state index is 0.0603. The lowest BCUT2D eigenvalue weighted by Gasteiger charge is -2.16. The molecule has 110 valence electrons. The van der Waals surface area contributed by atoms with Gasteiger partial charge in [-0.05, 0) is 28.8 Å². The summed E-state index contributed by atoms with van der Waals surface area (Å²) in [5.41, 5.74) is 2.75. The van der Waals surface area contributed by atoms with Crippen molar-refractivity contribution >= 4 is 29.0 Å². The van der Waals surface area contributed by atoms with Crippen molar-refractivity contribution in [3.05, 3.63) is 70.2 Å². The molecule has 0 aliphatic heterocycles. The molecule has 0 fully saturated rings. The van der Waals surface area contributed by atoms with Crippen molar-refractivity contribution < 1.29 is 13.6 Å². The zero-order chi connectivity index (χ0) is 15.2. The molecule has 5 heteroatoms. The van der Waals surface area contributed by atoms with Crippen LogP contribution in [0.4, 0.5) is 0 Å². The highest BCUT2D eigenvalue weighted by molar-refractivity contribution is 7.78. The highest BCUT2D eigenvalue weighted by Crippen LogP contribution is 2.29. The Morgan fingerprint density at radius 3 is 2.43 bits per heavy atom. The highest BCUT2D eigenvalue weighted by atomic mass is 35.5. The van der Waals surface area contributed by atoms with Gasteiger partial charge in [-0.15, -0.1) is 0 Å². The third-order valence-electron chi connectivity index (χ3n) is 3.26. The van der Waals surface area contributed by atoms with Crippen LogP contribution >= 0.6 is 11.6 Å². The van der Waals surface area contributed by atoms with E-state index in [0.29, 0.717) is 11.4 Å². The second-order valence-electron chi connectivity index (χ2n) is 4.72. The van der Waals surface area contributed by atoms with Gasteiger partial charge in [-0.3, -0.25) is 0 Å². The van der Waals surface area contributed by atoms with Crippen LogP contribution in [0, 0.1) is 0 Å². The first-order valence-corrected chi connectivity index (χ1v) is 8.11. The lowest BCUT2D eigenvalue weighted by atomic mass is 9.89. The van der Waals surface area contributed by atoms with Crippen molar-refractivity contribution in [1.82, 2.24) is 0 Å². The van der Waals surface area contributed by atoms with E-state index in [0.717, 1.165) is 23.0 Å². The van der Waals surface area contributed by atoms with Crippen LogP contribution in [0.3, 0.4) is 0 Å². The average Bonchev–Trinajstić information content (AvgIpc) is 2.45. The quantitative estimate of drug-likeness (QED) is 0.650. The Labute approximate surface area is 131 Å². The van der Waals surface area contributed by atoms with Gasteiger partial charge >= 0.3 is 0 Å². The van der Waals surface area contributed by atoms with E-state index in [9.17, 15) is 9.00 Å². The van der Waals surface area contributed by atoms with Gasteiger partial charge in [-0.1, -0.05) is 48.0 Å². The maximum absolute atomic E-state index is 11.0. The largest absolute Gasteiger partial charge is 0.306 e. The molecule has 0 radical (unpaired) electrons. The van der Waals surface area contributed by atoms with E-state index in [2.05, 4.69) is 0 Å². The molecule has 0 spiro atoms. The highest BCUT2D eigenvalue weighted by Gasteiger charge is 2.14. The molecule has 2 atom stereocenters. The van der Waals surface area contributed by atoms with Gasteiger partial charge in [0, 0.05) is 17.4 Å². The first-order chi connectivity index (χ1) is 10.1. The van der Waals surface area contributed by atoms with Gasteiger partial charge in [-0.25, -0.2) is 4.21 Å². The van der Waals surface area contributed by atoms with E-state index in [1.165, 1.54) is 0 Å². The molecule has 21 heavy (non-hydrogen) atoms. The predicted molar refractivity (Wildman–Crippen MR) is 84.9 cm³/mol. The summed E-state index contributed by atoms with van der Waals surface area (Å²) < 4.78 is 19.7. The molecule has 2 aromatic carbocycles. The Hall–Kier alpha value is -1.49. The average molecular weight is 323 g/mol. The molecule has 0 saturated carbocycles. The second kappa shape index (κ2) is 7.50. The van der Waals surface area contributed by atoms with Gasteiger partial charge in [0.2, 0.25) is 0 Å². The molecule has 1 unspecified atom stereocenters. The first kappa shape index (κ1) is 15.9. The molecule has 1 N–H and O–H groups in total. The fourth-order valence-electron chi connectivity index (χ4n) is 2.27. The summed E-state index contributed by atoms with van der Waals surface area (Å²) in [6, 6.07) is 14.8. The maximum atomic E-state index is 11.0. The van der Waals surface area contributed by atoms with Gasteiger partial charge in [0.1, 0.15) is 6.29 Å². The molecular weight excluding hydrogens is 308 g/mol. The van der Waals surface area contributed by atoms with Crippen LogP contribution in [0.25, 0.3) is 0 Å². The summed E-state index contributed by atoms with van der Waals surface area (Å²) in [7, 11) is 0. The molecule has 0 aromatic heterocycles. The monoisotopic (exact) mass is 322 g/mol. The van der Waals surface area contributed by atoms with E-state index in [1.807, 2.05) is 42.5 Å². The molecule has 0 saturated heterocycles. The normalized spacial score (nSPS) is 13.6. The minimum Gasteiger partial charge on any atom is -0.306 e. The number of halogens is 1. The number of carbonyl (C=O) groups excluding carboxylic acids is 1. The molecule has 2 aromatic rings. The summed E-state index contributed by atoms with van der Waals surface area (Å²) in [6.45, 7) is 0.